The van der Waals surface area contributed by atoms with Crippen LogP contribution >= 0.6 is 22.3 Å². The maximum absolute atomic E-state index is 10.7. The standard InChI is InChI=1S/C13H18Cl2O3S/c14-13-8-4-3-7-12(13)11-18-9-5-1-2-6-10-19(15,16)17/h3-4,7-8H,1-2,5-6,9-11H2. The Balaban J connectivity index is 2.02. The van der Waals surface area contributed by atoms with E-state index in [2.05, 4.69) is 0 Å². The molecule has 108 valence electrons. The van der Waals surface area contributed by atoms with E-state index in [0.29, 0.717) is 19.6 Å². The molecule has 6 heteroatoms. The van der Waals surface area contributed by atoms with Gasteiger partial charge in [0.1, 0.15) is 0 Å². The molecule has 0 unspecified atom stereocenters. The van der Waals surface area contributed by atoms with Gasteiger partial charge in [-0.15, -0.1) is 0 Å². The highest BCUT2D eigenvalue weighted by molar-refractivity contribution is 8.13. The first-order valence-electron chi connectivity index (χ1n) is 6.22. The lowest BCUT2D eigenvalue weighted by Crippen LogP contribution is -1.98. The van der Waals surface area contributed by atoms with E-state index < -0.39 is 9.05 Å². The number of rotatable bonds is 9. The maximum Gasteiger partial charge on any atom is 0.232 e. The summed E-state index contributed by atoms with van der Waals surface area (Å²) in [4.78, 5) is 0. The van der Waals surface area contributed by atoms with Gasteiger partial charge in [0.2, 0.25) is 9.05 Å². The van der Waals surface area contributed by atoms with Crippen LogP contribution in [-0.2, 0) is 20.4 Å². The van der Waals surface area contributed by atoms with E-state index in [1.807, 2.05) is 24.3 Å². The van der Waals surface area contributed by atoms with Crippen molar-refractivity contribution >= 4 is 31.3 Å². The van der Waals surface area contributed by atoms with Crippen LogP contribution in [0.1, 0.15) is 31.2 Å². The van der Waals surface area contributed by atoms with Crippen LogP contribution < -0.4 is 0 Å². The number of unbranched alkanes of at least 4 members (excludes halogenated alkanes) is 3. The molecule has 1 aromatic carbocycles. The number of halogens is 2. The van der Waals surface area contributed by atoms with Gasteiger partial charge in [0.25, 0.3) is 0 Å². The summed E-state index contributed by atoms with van der Waals surface area (Å²) in [6.07, 6.45) is 3.31. The molecule has 0 N–H and O–H groups in total. The summed E-state index contributed by atoms with van der Waals surface area (Å²) in [5, 5.41) is 0.717. The van der Waals surface area contributed by atoms with Crippen molar-refractivity contribution in [1.29, 1.82) is 0 Å². The summed E-state index contributed by atoms with van der Waals surface area (Å²) >= 11 is 6.00. The molecule has 19 heavy (non-hydrogen) atoms. The average Bonchev–Trinajstić information content (AvgIpc) is 2.33. The zero-order chi connectivity index (χ0) is 14.1. The molecular formula is C13H18Cl2O3S. The van der Waals surface area contributed by atoms with E-state index in [-0.39, 0.29) is 5.75 Å². The molecule has 0 radical (unpaired) electrons. The van der Waals surface area contributed by atoms with Crippen LogP contribution in [0.4, 0.5) is 0 Å². The Kier molecular flexibility index (Phi) is 7.76. The van der Waals surface area contributed by atoms with Gasteiger partial charge in [0, 0.05) is 22.3 Å². The summed E-state index contributed by atoms with van der Waals surface area (Å²) in [5.41, 5.74) is 0.984. The van der Waals surface area contributed by atoms with E-state index in [9.17, 15) is 8.42 Å². The van der Waals surface area contributed by atoms with Crippen molar-refractivity contribution in [3.05, 3.63) is 34.9 Å². The van der Waals surface area contributed by atoms with Gasteiger partial charge < -0.3 is 4.74 Å². The zero-order valence-electron chi connectivity index (χ0n) is 10.6. The van der Waals surface area contributed by atoms with Gasteiger partial charge >= 0.3 is 0 Å². The summed E-state index contributed by atoms with van der Waals surface area (Å²) in [5.74, 6) is 0.0506. The first-order chi connectivity index (χ1) is 8.99. The third kappa shape index (κ3) is 8.47. The number of hydrogen-bond donors (Lipinski definition) is 0. The van der Waals surface area contributed by atoms with Crippen LogP contribution in [0.5, 0.6) is 0 Å². The molecule has 0 aliphatic rings. The smallest absolute Gasteiger partial charge is 0.232 e. The Morgan fingerprint density at radius 3 is 2.42 bits per heavy atom. The van der Waals surface area contributed by atoms with Crippen molar-refractivity contribution in [2.75, 3.05) is 12.4 Å². The molecule has 0 atom stereocenters. The minimum atomic E-state index is -3.34. The molecule has 0 saturated carbocycles. The fourth-order valence-corrected chi connectivity index (χ4v) is 2.70. The molecule has 0 heterocycles. The zero-order valence-corrected chi connectivity index (χ0v) is 13.0. The van der Waals surface area contributed by atoms with Crippen LogP contribution in [0.25, 0.3) is 0 Å². The minimum Gasteiger partial charge on any atom is -0.377 e. The largest absolute Gasteiger partial charge is 0.377 e. The van der Waals surface area contributed by atoms with E-state index >= 15 is 0 Å². The maximum atomic E-state index is 10.7. The van der Waals surface area contributed by atoms with Crippen LogP contribution in [0.3, 0.4) is 0 Å². The van der Waals surface area contributed by atoms with Crippen molar-refractivity contribution in [2.24, 2.45) is 0 Å². The predicted octanol–water partition coefficient (Wildman–Crippen LogP) is 3.99. The molecule has 0 aliphatic carbocycles. The van der Waals surface area contributed by atoms with Gasteiger partial charge in [0.15, 0.2) is 0 Å². The van der Waals surface area contributed by atoms with Gasteiger partial charge in [-0.25, -0.2) is 8.42 Å². The third-order valence-electron chi connectivity index (χ3n) is 2.64. The molecule has 0 amide bonds. The molecule has 0 saturated heterocycles. The molecule has 0 aromatic heterocycles. The fourth-order valence-electron chi connectivity index (χ4n) is 1.63. The fraction of sp³-hybridized carbons (Fsp3) is 0.538. The Hall–Kier alpha value is -0.290. The van der Waals surface area contributed by atoms with Crippen LogP contribution in [0.2, 0.25) is 5.02 Å². The van der Waals surface area contributed by atoms with Gasteiger partial charge in [-0.3, -0.25) is 0 Å². The molecule has 0 spiro atoms. The second-order valence-electron chi connectivity index (χ2n) is 4.30. The molecule has 0 bridgehead atoms. The number of hydrogen-bond acceptors (Lipinski definition) is 3. The van der Waals surface area contributed by atoms with Crippen molar-refractivity contribution in [2.45, 2.75) is 32.3 Å². The number of benzene rings is 1. The highest BCUT2D eigenvalue weighted by atomic mass is 35.7. The van der Waals surface area contributed by atoms with Crippen LogP contribution in [-0.4, -0.2) is 20.8 Å². The molecule has 3 nitrogen and oxygen atoms in total. The van der Waals surface area contributed by atoms with Crippen LogP contribution in [0, 0.1) is 0 Å². The van der Waals surface area contributed by atoms with E-state index in [0.717, 1.165) is 29.8 Å². The first-order valence-corrected chi connectivity index (χ1v) is 9.08. The van der Waals surface area contributed by atoms with Crippen molar-refractivity contribution in [3.63, 3.8) is 0 Å². The monoisotopic (exact) mass is 324 g/mol. The van der Waals surface area contributed by atoms with Gasteiger partial charge in [-0.1, -0.05) is 42.6 Å². The molecule has 0 aliphatic heterocycles. The van der Waals surface area contributed by atoms with E-state index in [1.165, 1.54) is 0 Å². The normalized spacial score (nSPS) is 11.7. The summed E-state index contributed by atoms with van der Waals surface area (Å²) in [7, 11) is 1.78. The summed E-state index contributed by atoms with van der Waals surface area (Å²) in [6.45, 7) is 1.16. The van der Waals surface area contributed by atoms with Crippen LogP contribution in [0.15, 0.2) is 24.3 Å². The van der Waals surface area contributed by atoms with E-state index in [1.54, 1.807) is 0 Å². The SMILES string of the molecule is O=S(=O)(Cl)CCCCCCOCc1ccccc1Cl. The Morgan fingerprint density at radius 2 is 1.74 bits per heavy atom. The second-order valence-corrected chi connectivity index (χ2v) is 7.60. The minimum absolute atomic E-state index is 0.0506. The predicted molar refractivity (Wildman–Crippen MR) is 79.2 cm³/mol. The highest BCUT2D eigenvalue weighted by Crippen LogP contribution is 2.15. The van der Waals surface area contributed by atoms with Gasteiger partial charge in [-0.05, 0) is 24.5 Å². The third-order valence-corrected chi connectivity index (χ3v) is 4.25. The summed E-state index contributed by atoms with van der Waals surface area (Å²) in [6, 6.07) is 7.59. The molecule has 1 aromatic rings. The van der Waals surface area contributed by atoms with E-state index in [4.69, 9.17) is 27.0 Å². The average molecular weight is 325 g/mol. The Bertz CT molecular complexity index is 475. The lowest BCUT2D eigenvalue weighted by molar-refractivity contribution is 0.117. The topological polar surface area (TPSA) is 43.4 Å². The first kappa shape index (κ1) is 16.8. The van der Waals surface area contributed by atoms with Gasteiger partial charge in [-0.2, -0.15) is 0 Å². The van der Waals surface area contributed by atoms with Crippen molar-refractivity contribution in [3.8, 4) is 0 Å². The van der Waals surface area contributed by atoms with Crippen molar-refractivity contribution < 1.29 is 13.2 Å². The lowest BCUT2D eigenvalue weighted by atomic mass is 10.2. The van der Waals surface area contributed by atoms with Gasteiger partial charge in [0.05, 0.1) is 12.4 Å². The molecular weight excluding hydrogens is 307 g/mol. The molecule has 1 rings (SSSR count). The quantitative estimate of drug-likeness (QED) is 0.509. The Labute approximate surface area is 124 Å². The highest BCUT2D eigenvalue weighted by Gasteiger charge is 2.03. The lowest BCUT2D eigenvalue weighted by Gasteiger charge is -2.05. The summed E-state index contributed by atoms with van der Waals surface area (Å²) < 4.78 is 26.9. The van der Waals surface area contributed by atoms with Crippen molar-refractivity contribution in [1.82, 2.24) is 0 Å². The molecule has 0 fully saturated rings. The second kappa shape index (κ2) is 8.80. The Morgan fingerprint density at radius 1 is 1.05 bits per heavy atom. The number of ether oxygens (including phenoxy) is 1.